The van der Waals surface area contributed by atoms with E-state index in [1.807, 2.05) is 0 Å². The molecule has 0 aromatic heterocycles. The molecule has 4 heteroatoms. The lowest BCUT2D eigenvalue weighted by Gasteiger charge is -2.53. The maximum absolute atomic E-state index is 6.30. The van der Waals surface area contributed by atoms with Crippen LogP contribution in [0.2, 0.25) is 0 Å². The van der Waals surface area contributed by atoms with Crippen LogP contribution in [0.3, 0.4) is 0 Å². The Bertz CT molecular complexity index is 443. The molecule has 2 aliphatic heterocycles. The Morgan fingerprint density at radius 3 is 2.59 bits per heavy atom. The maximum Gasteiger partial charge on any atom is 0.171 e. The van der Waals surface area contributed by atoms with Gasteiger partial charge in [-0.15, -0.1) is 0 Å². The van der Waals surface area contributed by atoms with Crippen LogP contribution in [0.4, 0.5) is 0 Å². The molecule has 1 spiro atoms. The van der Waals surface area contributed by atoms with Gasteiger partial charge in [0.2, 0.25) is 0 Å². The first-order valence-electron chi connectivity index (χ1n) is 8.89. The van der Waals surface area contributed by atoms with E-state index in [-0.39, 0.29) is 11.2 Å². The highest BCUT2D eigenvalue weighted by Gasteiger charge is 2.51. The number of allylic oxidation sites excluding steroid dienone is 2. The molecule has 4 rings (SSSR count). The van der Waals surface area contributed by atoms with Crippen molar-refractivity contribution < 1.29 is 14.2 Å². The topological polar surface area (TPSA) is 30.9 Å². The van der Waals surface area contributed by atoms with E-state index < -0.39 is 0 Å². The van der Waals surface area contributed by atoms with E-state index in [0.29, 0.717) is 11.8 Å². The summed E-state index contributed by atoms with van der Waals surface area (Å²) in [6, 6.07) is 0. The lowest BCUT2D eigenvalue weighted by atomic mass is 9.69. The second-order valence-corrected chi connectivity index (χ2v) is 8.19. The highest BCUT2D eigenvalue weighted by Crippen LogP contribution is 2.50. The highest BCUT2D eigenvalue weighted by atomic mass is 16.7. The van der Waals surface area contributed by atoms with Crippen LogP contribution in [0.25, 0.3) is 0 Å². The first kappa shape index (κ1) is 15.0. The van der Waals surface area contributed by atoms with Gasteiger partial charge in [-0.05, 0) is 25.2 Å². The molecule has 4 nitrogen and oxygen atoms in total. The second kappa shape index (κ2) is 5.50. The van der Waals surface area contributed by atoms with Gasteiger partial charge in [-0.3, -0.25) is 0 Å². The minimum Gasteiger partial charge on any atom is -0.378 e. The van der Waals surface area contributed by atoms with Crippen LogP contribution < -0.4 is 0 Å². The largest absolute Gasteiger partial charge is 0.378 e. The average molecular weight is 307 g/mol. The van der Waals surface area contributed by atoms with Crippen LogP contribution >= 0.6 is 0 Å². The Hall–Kier alpha value is -0.580. The third-order valence-corrected chi connectivity index (χ3v) is 5.85. The normalized spacial score (nSPS) is 37.0. The zero-order chi connectivity index (χ0) is 15.2. The minimum absolute atomic E-state index is 0.158. The van der Waals surface area contributed by atoms with Crippen molar-refractivity contribution in [3.8, 4) is 0 Å². The number of fused-ring (bicyclic) bond motifs is 3. The first-order chi connectivity index (χ1) is 10.6. The van der Waals surface area contributed by atoms with E-state index in [1.165, 1.54) is 12.8 Å². The van der Waals surface area contributed by atoms with Crippen molar-refractivity contribution in [2.75, 3.05) is 39.5 Å². The van der Waals surface area contributed by atoms with Gasteiger partial charge in [-0.1, -0.05) is 19.9 Å². The molecule has 0 N–H and O–H groups in total. The van der Waals surface area contributed by atoms with Gasteiger partial charge in [0.15, 0.2) is 5.79 Å². The summed E-state index contributed by atoms with van der Waals surface area (Å²) in [6.45, 7) is 9.96. The van der Waals surface area contributed by atoms with Crippen molar-refractivity contribution in [1.29, 1.82) is 0 Å². The maximum atomic E-state index is 6.30. The van der Waals surface area contributed by atoms with Gasteiger partial charge in [-0.2, -0.15) is 0 Å². The fourth-order valence-corrected chi connectivity index (χ4v) is 4.50. The van der Waals surface area contributed by atoms with E-state index in [4.69, 9.17) is 14.2 Å². The number of ether oxygens (including phenoxy) is 3. The summed E-state index contributed by atoms with van der Waals surface area (Å²) in [5.74, 6) is 0.941. The van der Waals surface area contributed by atoms with Crippen molar-refractivity contribution in [2.45, 2.75) is 45.3 Å². The molecule has 0 radical (unpaired) electrons. The number of rotatable bonds is 1. The molecule has 2 saturated heterocycles. The minimum atomic E-state index is -0.293. The highest BCUT2D eigenvalue weighted by molar-refractivity contribution is 5.15. The Morgan fingerprint density at radius 1 is 1.14 bits per heavy atom. The monoisotopic (exact) mass is 307 g/mol. The average Bonchev–Trinajstić information content (AvgIpc) is 2.55. The van der Waals surface area contributed by atoms with Crippen molar-refractivity contribution in [3.63, 3.8) is 0 Å². The Morgan fingerprint density at radius 2 is 1.86 bits per heavy atom. The molecule has 124 valence electrons. The molecule has 2 bridgehead atoms. The first-order valence-corrected chi connectivity index (χ1v) is 8.89. The Labute approximate surface area is 133 Å². The summed E-state index contributed by atoms with van der Waals surface area (Å²) >= 11 is 0. The summed E-state index contributed by atoms with van der Waals surface area (Å²) < 4.78 is 18.1. The zero-order valence-electron chi connectivity index (χ0n) is 14.0. The van der Waals surface area contributed by atoms with Crippen molar-refractivity contribution in [2.24, 2.45) is 17.3 Å². The van der Waals surface area contributed by atoms with Crippen LogP contribution in [0.1, 0.15) is 39.5 Å². The summed E-state index contributed by atoms with van der Waals surface area (Å²) in [6.07, 6.45) is 7.05. The fourth-order valence-electron chi connectivity index (χ4n) is 4.50. The lowest BCUT2D eigenvalue weighted by molar-refractivity contribution is -0.335. The lowest BCUT2D eigenvalue weighted by Crippen LogP contribution is -2.56. The number of hydrogen-bond donors (Lipinski definition) is 0. The predicted molar refractivity (Wildman–Crippen MR) is 84.3 cm³/mol. The van der Waals surface area contributed by atoms with Gasteiger partial charge in [-0.25, -0.2) is 0 Å². The third-order valence-electron chi connectivity index (χ3n) is 5.85. The third kappa shape index (κ3) is 2.59. The molecule has 4 aliphatic rings. The standard InChI is InChI=1S/C18H29NO3/c1-17(2)12-21-18(22-13-17)6-5-14-11-15(18)3-4-16(14)19-7-9-20-10-8-19/h4,14-15H,3,5-13H2,1-2H3/t14-,15-/m0/s1. The summed E-state index contributed by atoms with van der Waals surface area (Å²) in [5, 5.41) is 0. The SMILES string of the molecule is CC1(C)COC2(CC[C@H]3C[C@@H]2CC=C3N2CCOCC2)OC1. The summed E-state index contributed by atoms with van der Waals surface area (Å²) in [5.41, 5.74) is 1.73. The number of morpholine rings is 1. The molecule has 1 saturated carbocycles. The van der Waals surface area contributed by atoms with Gasteiger partial charge in [0, 0.05) is 36.5 Å². The van der Waals surface area contributed by atoms with Crippen LogP contribution in [0.15, 0.2) is 11.8 Å². The zero-order valence-corrected chi connectivity index (χ0v) is 14.0. The molecule has 0 aromatic rings. The smallest absolute Gasteiger partial charge is 0.171 e. The predicted octanol–water partition coefficient (Wildman–Crippen LogP) is 2.79. The molecular weight excluding hydrogens is 278 g/mol. The molecule has 3 fully saturated rings. The summed E-state index contributed by atoms with van der Waals surface area (Å²) in [7, 11) is 0. The van der Waals surface area contributed by atoms with E-state index in [2.05, 4.69) is 24.8 Å². The van der Waals surface area contributed by atoms with E-state index in [9.17, 15) is 0 Å². The Kier molecular flexibility index (Phi) is 3.74. The molecule has 0 unspecified atom stereocenters. The van der Waals surface area contributed by atoms with Gasteiger partial charge >= 0.3 is 0 Å². The molecule has 22 heavy (non-hydrogen) atoms. The second-order valence-electron chi connectivity index (χ2n) is 8.19. The van der Waals surface area contributed by atoms with Crippen LogP contribution in [0, 0.1) is 17.3 Å². The van der Waals surface area contributed by atoms with Gasteiger partial charge in [0.05, 0.1) is 26.4 Å². The van der Waals surface area contributed by atoms with Crippen LogP contribution in [0.5, 0.6) is 0 Å². The van der Waals surface area contributed by atoms with Crippen molar-refractivity contribution >= 4 is 0 Å². The van der Waals surface area contributed by atoms with Gasteiger partial charge < -0.3 is 19.1 Å². The number of nitrogens with zero attached hydrogens (tertiary/aromatic N) is 1. The van der Waals surface area contributed by atoms with E-state index in [1.54, 1.807) is 5.70 Å². The summed E-state index contributed by atoms with van der Waals surface area (Å²) in [4.78, 5) is 2.55. The molecular formula is C18H29NO3. The van der Waals surface area contributed by atoms with Crippen LogP contribution in [-0.4, -0.2) is 50.2 Å². The van der Waals surface area contributed by atoms with E-state index in [0.717, 1.165) is 52.4 Å². The number of hydrogen-bond acceptors (Lipinski definition) is 4. The molecule has 2 atom stereocenters. The van der Waals surface area contributed by atoms with Gasteiger partial charge in [0.1, 0.15) is 0 Å². The van der Waals surface area contributed by atoms with Crippen LogP contribution in [-0.2, 0) is 14.2 Å². The van der Waals surface area contributed by atoms with E-state index >= 15 is 0 Å². The van der Waals surface area contributed by atoms with Crippen molar-refractivity contribution in [3.05, 3.63) is 11.8 Å². The molecule has 0 amide bonds. The van der Waals surface area contributed by atoms with Gasteiger partial charge in [0.25, 0.3) is 0 Å². The fraction of sp³-hybridized carbons (Fsp3) is 0.889. The molecule has 2 heterocycles. The quantitative estimate of drug-likeness (QED) is 0.745. The van der Waals surface area contributed by atoms with Crippen molar-refractivity contribution in [1.82, 2.24) is 4.90 Å². The molecule has 0 aromatic carbocycles. The molecule has 2 aliphatic carbocycles. The Balaban J connectivity index is 1.47.